The normalized spacial score (nSPS) is 18.8. The molecule has 0 bridgehead atoms. The van der Waals surface area contributed by atoms with E-state index in [2.05, 4.69) is 71.0 Å². The van der Waals surface area contributed by atoms with E-state index in [1.807, 2.05) is 18.2 Å². The van der Waals surface area contributed by atoms with Crippen LogP contribution in [0.5, 0.6) is 0 Å². The molecule has 1 heterocycles. The molecule has 3 aromatic rings. The van der Waals surface area contributed by atoms with Crippen molar-refractivity contribution in [2.75, 3.05) is 10.3 Å². The summed E-state index contributed by atoms with van der Waals surface area (Å²) in [5.41, 5.74) is 6.88. The second-order valence-corrected chi connectivity index (χ2v) is 9.21. The van der Waals surface area contributed by atoms with E-state index in [-0.39, 0.29) is 11.9 Å². The van der Waals surface area contributed by atoms with Gasteiger partial charge in [-0.1, -0.05) is 73.9 Å². The SMILES string of the molecule is CC(=O)Nc1ccc([C@@H]2CC(c3ccc(C4CCCCC4)cc3)=NN2c2ccccc2)cc1. The number of carbonyl (C=O) groups excluding carboxylic acids is 1. The molecule has 1 saturated carbocycles. The predicted molar refractivity (Wildman–Crippen MR) is 136 cm³/mol. The highest BCUT2D eigenvalue weighted by molar-refractivity contribution is 6.03. The maximum Gasteiger partial charge on any atom is 0.221 e. The number of nitrogens with zero attached hydrogens (tertiary/aromatic N) is 2. The van der Waals surface area contributed by atoms with E-state index in [0.717, 1.165) is 23.5 Å². The quantitative estimate of drug-likeness (QED) is 0.465. The minimum absolute atomic E-state index is 0.0585. The summed E-state index contributed by atoms with van der Waals surface area (Å²) in [7, 11) is 0. The Balaban J connectivity index is 1.41. The second kappa shape index (κ2) is 9.62. The van der Waals surface area contributed by atoms with Crippen molar-refractivity contribution >= 4 is 23.0 Å². The second-order valence-electron chi connectivity index (χ2n) is 9.21. The molecule has 168 valence electrons. The van der Waals surface area contributed by atoms with Crippen LogP contribution < -0.4 is 10.3 Å². The van der Waals surface area contributed by atoms with Gasteiger partial charge in [0, 0.05) is 19.0 Å². The van der Waals surface area contributed by atoms with E-state index in [1.165, 1.54) is 55.7 Å². The van der Waals surface area contributed by atoms with Crippen molar-refractivity contribution in [3.8, 4) is 0 Å². The Hall–Kier alpha value is -3.40. The molecule has 2 aliphatic rings. The van der Waals surface area contributed by atoms with Gasteiger partial charge in [0.1, 0.15) is 0 Å². The molecule has 1 amide bonds. The van der Waals surface area contributed by atoms with Gasteiger partial charge in [0.15, 0.2) is 0 Å². The maximum atomic E-state index is 11.4. The highest BCUT2D eigenvalue weighted by Crippen LogP contribution is 2.38. The van der Waals surface area contributed by atoms with Crippen LogP contribution in [-0.2, 0) is 4.79 Å². The minimum Gasteiger partial charge on any atom is -0.326 e. The van der Waals surface area contributed by atoms with Gasteiger partial charge < -0.3 is 5.32 Å². The summed E-state index contributed by atoms with van der Waals surface area (Å²) in [4.78, 5) is 11.4. The summed E-state index contributed by atoms with van der Waals surface area (Å²) in [6.45, 7) is 1.53. The number of rotatable bonds is 5. The van der Waals surface area contributed by atoms with E-state index < -0.39 is 0 Å². The van der Waals surface area contributed by atoms with Gasteiger partial charge in [-0.05, 0) is 59.7 Å². The third kappa shape index (κ3) is 4.85. The van der Waals surface area contributed by atoms with E-state index in [9.17, 15) is 4.79 Å². The summed E-state index contributed by atoms with van der Waals surface area (Å²) in [6, 6.07) is 27.7. The number of anilines is 2. The maximum absolute atomic E-state index is 11.4. The lowest BCUT2D eigenvalue weighted by Gasteiger charge is -2.24. The lowest BCUT2D eigenvalue weighted by Crippen LogP contribution is -2.18. The molecule has 4 nitrogen and oxygen atoms in total. The summed E-state index contributed by atoms with van der Waals surface area (Å²) in [6.07, 6.45) is 7.57. The first-order valence-electron chi connectivity index (χ1n) is 12.1. The third-order valence-corrected chi connectivity index (χ3v) is 6.87. The molecule has 5 rings (SSSR count). The number of amides is 1. The van der Waals surface area contributed by atoms with Crippen LogP contribution in [0.4, 0.5) is 11.4 Å². The Labute approximate surface area is 196 Å². The standard InChI is InChI=1S/C29H31N3O/c1-21(33)30-26-18-16-25(17-19-26)29-20-28(31-32(29)27-10-6-3-7-11-27)24-14-12-23(13-15-24)22-8-4-2-5-9-22/h3,6-7,10-19,22,29H,2,4-5,8-9,20H2,1H3,(H,30,33)/t29-/m0/s1. The smallest absolute Gasteiger partial charge is 0.221 e. The number of benzene rings is 3. The van der Waals surface area contributed by atoms with Gasteiger partial charge >= 0.3 is 0 Å². The molecule has 1 aliphatic heterocycles. The first-order chi connectivity index (χ1) is 16.2. The van der Waals surface area contributed by atoms with Gasteiger partial charge in [0.05, 0.1) is 17.4 Å². The Morgan fingerprint density at radius 3 is 2.18 bits per heavy atom. The predicted octanol–water partition coefficient (Wildman–Crippen LogP) is 7.05. The molecule has 1 aliphatic carbocycles. The Morgan fingerprint density at radius 1 is 0.848 bits per heavy atom. The summed E-state index contributed by atoms with van der Waals surface area (Å²) < 4.78 is 0. The summed E-state index contributed by atoms with van der Waals surface area (Å²) in [5, 5.41) is 10.1. The van der Waals surface area contributed by atoms with Crippen LogP contribution in [0.3, 0.4) is 0 Å². The fourth-order valence-electron chi connectivity index (χ4n) is 5.14. The number of hydrazone groups is 1. The molecule has 3 aromatic carbocycles. The van der Waals surface area contributed by atoms with Crippen molar-refractivity contribution in [3.05, 3.63) is 95.6 Å². The summed E-state index contributed by atoms with van der Waals surface area (Å²) >= 11 is 0. The van der Waals surface area contributed by atoms with Crippen molar-refractivity contribution in [1.82, 2.24) is 0 Å². The number of para-hydroxylation sites is 1. The average Bonchev–Trinajstić information content (AvgIpc) is 3.31. The van der Waals surface area contributed by atoms with Crippen molar-refractivity contribution in [2.24, 2.45) is 5.10 Å². The zero-order valence-corrected chi connectivity index (χ0v) is 19.2. The molecule has 1 fully saturated rings. The highest BCUT2D eigenvalue weighted by Gasteiger charge is 2.30. The Morgan fingerprint density at radius 2 is 1.52 bits per heavy atom. The van der Waals surface area contributed by atoms with Gasteiger partial charge in [-0.25, -0.2) is 0 Å². The zero-order chi connectivity index (χ0) is 22.6. The highest BCUT2D eigenvalue weighted by atomic mass is 16.1. The van der Waals surface area contributed by atoms with Crippen molar-refractivity contribution in [3.63, 3.8) is 0 Å². The van der Waals surface area contributed by atoms with Gasteiger partial charge in [-0.15, -0.1) is 0 Å². The molecule has 0 saturated heterocycles. The van der Waals surface area contributed by atoms with Gasteiger partial charge in [0.25, 0.3) is 0 Å². The van der Waals surface area contributed by atoms with Crippen molar-refractivity contribution < 1.29 is 4.79 Å². The number of hydrogen-bond donors (Lipinski definition) is 1. The van der Waals surface area contributed by atoms with Gasteiger partial charge in [-0.3, -0.25) is 9.80 Å². The van der Waals surface area contributed by atoms with Crippen LogP contribution in [-0.4, -0.2) is 11.6 Å². The van der Waals surface area contributed by atoms with Crippen LogP contribution in [0.25, 0.3) is 0 Å². The molecule has 1 N–H and O–H groups in total. The van der Waals surface area contributed by atoms with Crippen LogP contribution in [0, 0.1) is 0 Å². The molecule has 33 heavy (non-hydrogen) atoms. The molecular formula is C29H31N3O. The average molecular weight is 438 g/mol. The molecule has 0 radical (unpaired) electrons. The molecule has 0 aromatic heterocycles. The fraction of sp³-hybridized carbons (Fsp3) is 0.310. The van der Waals surface area contributed by atoms with Gasteiger partial charge in [-0.2, -0.15) is 5.10 Å². The van der Waals surface area contributed by atoms with E-state index in [1.54, 1.807) is 0 Å². The third-order valence-electron chi connectivity index (χ3n) is 6.87. The molecule has 0 spiro atoms. The minimum atomic E-state index is -0.0585. The molecule has 4 heteroatoms. The lowest BCUT2D eigenvalue weighted by atomic mass is 9.83. The lowest BCUT2D eigenvalue weighted by molar-refractivity contribution is -0.114. The topological polar surface area (TPSA) is 44.7 Å². The zero-order valence-electron chi connectivity index (χ0n) is 19.2. The molecule has 0 unspecified atom stereocenters. The number of carbonyl (C=O) groups is 1. The largest absolute Gasteiger partial charge is 0.326 e. The number of nitrogens with one attached hydrogen (secondary N) is 1. The first-order valence-corrected chi connectivity index (χ1v) is 12.1. The fourth-order valence-corrected chi connectivity index (χ4v) is 5.14. The van der Waals surface area contributed by atoms with Crippen molar-refractivity contribution in [2.45, 2.75) is 57.4 Å². The van der Waals surface area contributed by atoms with Crippen LogP contribution >= 0.6 is 0 Å². The van der Waals surface area contributed by atoms with Gasteiger partial charge in [0.2, 0.25) is 5.91 Å². The van der Waals surface area contributed by atoms with Crippen molar-refractivity contribution in [1.29, 1.82) is 0 Å². The van der Waals surface area contributed by atoms with E-state index >= 15 is 0 Å². The molecule has 1 atom stereocenters. The Bertz CT molecular complexity index is 1110. The van der Waals surface area contributed by atoms with Crippen LogP contribution in [0.1, 0.15) is 74.1 Å². The number of hydrogen-bond acceptors (Lipinski definition) is 3. The molecular weight excluding hydrogens is 406 g/mol. The summed E-state index contributed by atoms with van der Waals surface area (Å²) in [5.74, 6) is 0.658. The monoisotopic (exact) mass is 437 g/mol. The Kier molecular flexibility index (Phi) is 6.25. The van der Waals surface area contributed by atoms with Crippen LogP contribution in [0.2, 0.25) is 0 Å². The van der Waals surface area contributed by atoms with E-state index in [4.69, 9.17) is 5.10 Å². The first kappa shape index (κ1) is 21.4. The van der Waals surface area contributed by atoms with E-state index in [0.29, 0.717) is 5.92 Å². The van der Waals surface area contributed by atoms with Crippen LogP contribution in [0.15, 0.2) is 84.0 Å².